The van der Waals surface area contributed by atoms with Crippen LogP contribution in [0.15, 0.2) is 0 Å². The van der Waals surface area contributed by atoms with Crippen LogP contribution in [0.2, 0.25) is 0 Å². The van der Waals surface area contributed by atoms with E-state index in [1.165, 1.54) is 0 Å². The van der Waals surface area contributed by atoms with Crippen LogP contribution in [-0.2, 0) is 9.13 Å². The molecule has 0 amide bonds. The molecule has 9 heteroatoms. The molecule has 0 bridgehead atoms. The summed E-state index contributed by atoms with van der Waals surface area (Å²) in [4.78, 5) is 31.9. The first-order valence-corrected chi connectivity index (χ1v) is 5.39. The molecule has 0 spiro atoms. The second-order valence-electron chi connectivity index (χ2n) is 1.47. The summed E-state index contributed by atoms with van der Waals surface area (Å²) < 4.78 is 19.7. The van der Waals surface area contributed by atoms with Crippen LogP contribution in [0, 0.1) is 0 Å². The van der Waals surface area contributed by atoms with Crippen LogP contribution in [0.5, 0.6) is 0 Å². The second kappa shape index (κ2) is 4.36. The summed E-state index contributed by atoms with van der Waals surface area (Å²) in [5.41, 5.74) is 0. The summed E-state index contributed by atoms with van der Waals surface area (Å²) in [6.45, 7) is 0. The Labute approximate surface area is 79.3 Å². The molecule has 0 saturated heterocycles. The molecule has 0 aromatic carbocycles. The monoisotopic (exact) mass is 200 g/mol. The van der Waals surface area contributed by atoms with Gasteiger partial charge in [0, 0.05) is 0 Å². The molecule has 4 N–H and O–H groups in total. The van der Waals surface area contributed by atoms with Crippen molar-refractivity contribution in [2.45, 2.75) is 0 Å². The summed E-state index contributed by atoms with van der Waals surface area (Å²) in [6.07, 6.45) is 0. The van der Waals surface area contributed by atoms with E-state index < -0.39 is 21.1 Å². The Bertz CT molecular complexity index is 156. The Kier molecular flexibility index (Phi) is 6.04. The molecule has 0 aliphatic heterocycles. The molecule has 6 nitrogen and oxygen atoms in total. The molecule has 0 atom stereocenters. The van der Waals surface area contributed by atoms with E-state index in [2.05, 4.69) is 0 Å². The quantitative estimate of drug-likeness (QED) is 0.323. The average Bonchev–Trinajstić information content (AvgIpc) is 1.14. The fourth-order valence-corrected chi connectivity index (χ4v) is 2.16. The molecule has 0 aromatic rings. The van der Waals surface area contributed by atoms with E-state index >= 15 is 0 Å². The van der Waals surface area contributed by atoms with Crippen LogP contribution in [0.4, 0.5) is 0 Å². The molecule has 0 rings (SSSR count). The molecule has 0 fully saturated rings. The van der Waals surface area contributed by atoms with Crippen molar-refractivity contribution < 1.29 is 28.7 Å². The Morgan fingerprint density at radius 1 is 0.900 bits per heavy atom. The van der Waals surface area contributed by atoms with Crippen molar-refractivity contribution in [3.8, 4) is 0 Å². The normalized spacial score (nSPS) is 12.4. The molecular weight excluding hydrogens is 193 g/mol. The molecule has 0 radical (unpaired) electrons. The minimum atomic E-state index is -4.55. The zero-order valence-electron chi connectivity index (χ0n) is 4.21. The Hall–Kier alpha value is 1.30. The Morgan fingerprint density at radius 2 is 1.10 bits per heavy atom. The molecule has 0 aliphatic carbocycles. The van der Waals surface area contributed by atoms with Gasteiger partial charge in [0.1, 0.15) is 0 Å². The van der Waals surface area contributed by atoms with E-state index in [4.69, 9.17) is 19.6 Å². The van der Waals surface area contributed by atoms with E-state index in [0.29, 0.717) is 0 Å². The van der Waals surface area contributed by atoms with Gasteiger partial charge in [-0.2, -0.15) is 0 Å². The van der Waals surface area contributed by atoms with Gasteiger partial charge < -0.3 is 19.6 Å². The zero-order valence-corrected chi connectivity index (χ0v) is 6.00. The van der Waals surface area contributed by atoms with Crippen molar-refractivity contribution in [2.24, 2.45) is 0 Å². The van der Waals surface area contributed by atoms with Gasteiger partial charge in [0.15, 0.2) is 5.90 Å². The number of rotatable bonds is 2. The van der Waals surface area contributed by atoms with Crippen molar-refractivity contribution in [3.05, 3.63) is 0 Å². The predicted octanol–water partition coefficient (Wildman–Crippen LogP) is -1.35. The van der Waals surface area contributed by atoms with Crippen molar-refractivity contribution in [1.82, 2.24) is 0 Å². The van der Waals surface area contributed by atoms with Crippen molar-refractivity contribution in [2.75, 3.05) is 5.90 Å². The van der Waals surface area contributed by atoms with Crippen LogP contribution in [-0.4, -0.2) is 55.0 Å². The van der Waals surface area contributed by atoms with Gasteiger partial charge in [-0.1, -0.05) is 0 Å². The van der Waals surface area contributed by atoms with Crippen LogP contribution < -0.4 is 0 Å². The average molecular weight is 200 g/mol. The number of hydrogen-bond acceptors (Lipinski definition) is 2. The van der Waals surface area contributed by atoms with E-state index in [0.717, 1.165) is 0 Å². The van der Waals surface area contributed by atoms with Gasteiger partial charge in [0.05, 0.1) is 0 Å². The van der Waals surface area contributed by atoms with E-state index in [-0.39, 0.29) is 29.6 Å². The summed E-state index contributed by atoms with van der Waals surface area (Å²) >= 11 is 0. The first kappa shape index (κ1) is 13.9. The fourth-order valence-electron chi connectivity index (χ4n) is 0.240. The third kappa shape index (κ3) is 12.0. The zero-order chi connectivity index (χ0) is 7.71. The molecular formula is CH7NaO6P2. The molecule has 10 heavy (non-hydrogen) atoms. The summed E-state index contributed by atoms with van der Waals surface area (Å²) in [5, 5.41) is 0. The SMILES string of the molecule is O=P(O)(O)CP(=O)(O)O.[NaH]. The van der Waals surface area contributed by atoms with Crippen LogP contribution in [0.1, 0.15) is 0 Å². The first-order valence-electron chi connectivity index (χ1n) is 1.80. The van der Waals surface area contributed by atoms with E-state index in [1.807, 2.05) is 0 Å². The minimum absolute atomic E-state index is 0. The first-order chi connectivity index (χ1) is 3.71. The van der Waals surface area contributed by atoms with Gasteiger partial charge >= 0.3 is 44.7 Å². The predicted molar refractivity (Wildman–Crippen MR) is 36.1 cm³/mol. The van der Waals surface area contributed by atoms with Gasteiger partial charge in [-0.3, -0.25) is 9.13 Å². The maximum absolute atomic E-state index is 9.85. The topological polar surface area (TPSA) is 115 Å². The van der Waals surface area contributed by atoms with Crippen LogP contribution in [0.3, 0.4) is 0 Å². The molecule has 0 unspecified atom stereocenters. The molecule has 58 valence electrons. The summed E-state index contributed by atoms with van der Waals surface area (Å²) in [6, 6.07) is 0. The summed E-state index contributed by atoms with van der Waals surface area (Å²) in [5.74, 6) is -1.38. The third-order valence-electron chi connectivity index (χ3n) is 0.368. The number of hydrogen-bond donors (Lipinski definition) is 4. The van der Waals surface area contributed by atoms with Gasteiger partial charge in [0.2, 0.25) is 0 Å². The van der Waals surface area contributed by atoms with Crippen molar-refractivity contribution >= 4 is 44.7 Å². The maximum atomic E-state index is 9.85. The van der Waals surface area contributed by atoms with Crippen LogP contribution >= 0.6 is 15.2 Å². The van der Waals surface area contributed by atoms with E-state index in [1.54, 1.807) is 0 Å². The van der Waals surface area contributed by atoms with Crippen molar-refractivity contribution in [1.29, 1.82) is 0 Å². The summed E-state index contributed by atoms with van der Waals surface area (Å²) in [7, 11) is -9.10. The van der Waals surface area contributed by atoms with Crippen LogP contribution in [0.25, 0.3) is 0 Å². The second-order valence-corrected chi connectivity index (χ2v) is 5.26. The van der Waals surface area contributed by atoms with Gasteiger partial charge in [-0.05, 0) is 0 Å². The van der Waals surface area contributed by atoms with Gasteiger partial charge in [0.25, 0.3) is 0 Å². The van der Waals surface area contributed by atoms with E-state index in [9.17, 15) is 9.13 Å². The Balaban J connectivity index is 0. The van der Waals surface area contributed by atoms with Gasteiger partial charge in [-0.25, -0.2) is 0 Å². The third-order valence-corrected chi connectivity index (χ3v) is 3.32. The van der Waals surface area contributed by atoms with Gasteiger partial charge in [-0.15, -0.1) is 0 Å². The Morgan fingerprint density at radius 3 is 1.10 bits per heavy atom. The standard InChI is InChI=1S/CH6O6P2.Na.H/c2-8(3,4)1-9(5,6)7;;/h1H2,(H2,2,3,4)(H2,5,6,7);;. The van der Waals surface area contributed by atoms with Crippen molar-refractivity contribution in [3.63, 3.8) is 0 Å². The fraction of sp³-hybridized carbons (Fsp3) is 1.00. The molecule has 0 heterocycles. The molecule has 0 saturated carbocycles. The molecule has 0 aromatic heterocycles. The molecule has 0 aliphatic rings.